The normalized spacial score (nSPS) is 22.0. The Bertz CT molecular complexity index is 1100. The van der Waals surface area contributed by atoms with Gasteiger partial charge in [0.2, 0.25) is 11.8 Å². The number of likely N-dealkylation sites (tertiary alicyclic amines) is 2. The Hall–Kier alpha value is -3.14. The maximum Gasteiger partial charge on any atom is 0.328 e. The molecule has 10 nitrogen and oxygen atoms in total. The number of urea groups is 1. The van der Waals surface area contributed by atoms with E-state index in [1.807, 2.05) is 17.9 Å². The molecule has 10 heteroatoms. The molecule has 0 radical (unpaired) electrons. The average molecular weight is 568 g/mol. The zero-order valence-electron chi connectivity index (χ0n) is 24.4. The third kappa shape index (κ3) is 7.78. The van der Waals surface area contributed by atoms with Gasteiger partial charge in [0.05, 0.1) is 6.54 Å². The van der Waals surface area contributed by atoms with E-state index in [0.29, 0.717) is 36.7 Å². The van der Waals surface area contributed by atoms with Gasteiger partial charge in [0, 0.05) is 37.8 Å². The Morgan fingerprint density at radius 3 is 2.27 bits per heavy atom. The highest BCUT2D eigenvalue weighted by Crippen LogP contribution is 2.33. The number of hydrogen-bond donors (Lipinski definition) is 2. The lowest BCUT2D eigenvalue weighted by Gasteiger charge is -2.40. The number of carbonyl (C=O) groups excluding carboxylic acids is 4. The number of hydrogen-bond acceptors (Lipinski definition) is 6. The van der Waals surface area contributed by atoms with Crippen molar-refractivity contribution >= 4 is 29.4 Å². The van der Waals surface area contributed by atoms with Gasteiger partial charge >= 0.3 is 6.03 Å². The van der Waals surface area contributed by atoms with E-state index < -0.39 is 6.03 Å². The number of piperidine rings is 2. The van der Waals surface area contributed by atoms with Crippen LogP contribution >= 0.6 is 0 Å². The van der Waals surface area contributed by atoms with Crippen molar-refractivity contribution in [1.29, 1.82) is 0 Å². The first-order valence-corrected chi connectivity index (χ1v) is 15.5. The molecule has 0 aromatic heterocycles. The molecule has 0 spiro atoms. The molecular formula is C31H45N5O5. The van der Waals surface area contributed by atoms with Gasteiger partial charge in [-0.25, -0.2) is 4.79 Å². The van der Waals surface area contributed by atoms with Crippen LogP contribution in [0, 0.1) is 18.8 Å². The zero-order chi connectivity index (χ0) is 28.8. The molecule has 0 unspecified atom stereocenters. The van der Waals surface area contributed by atoms with Crippen LogP contribution in [-0.4, -0.2) is 85.5 Å². The Morgan fingerprint density at radius 1 is 0.927 bits per heavy atom. The lowest BCUT2D eigenvalue weighted by atomic mass is 9.79. The van der Waals surface area contributed by atoms with E-state index >= 15 is 0 Å². The molecule has 4 aliphatic rings. The van der Waals surface area contributed by atoms with Crippen molar-refractivity contribution in [3.05, 3.63) is 23.8 Å². The van der Waals surface area contributed by atoms with Crippen LogP contribution < -0.4 is 20.3 Å². The van der Waals surface area contributed by atoms with E-state index in [0.717, 1.165) is 76.0 Å². The fraction of sp³-hybridized carbons (Fsp3) is 0.677. The molecule has 3 heterocycles. The van der Waals surface area contributed by atoms with Crippen molar-refractivity contribution < 1.29 is 23.9 Å². The Morgan fingerprint density at radius 2 is 1.61 bits per heavy atom. The standard InChI is InChI=1S/C31H45N5O5/c1-22-19-26(7-8-27(22)36-18-13-28(37)33-31(36)40)41-21-30(39)35-16-11-24(12-17-35)23-9-14-34(15-10-23)20-29(38)32-25-5-3-2-4-6-25/h7-8,19,23-25H,2-6,9-18,20-21H2,1H3,(H,32,38)(H,33,37,40). The lowest BCUT2D eigenvalue weighted by Crippen LogP contribution is -2.49. The summed E-state index contributed by atoms with van der Waals surface area (Å²) in [6, 6.07) is 5.34. The number of ether oxygens (including phenoxy) is 1. The predicted molar refractivity (Wildman–Crippen MR) is 156 cm³/mol. The van der Waals surface area contributed by atoms with E-state index in [1.54, 1.807) is 17.0 Å². The highest BCUT2D eigenvalue weighted by molar-refractivity contribution is 6.05. The molecule has 3 aliphatic heterocycles. The van der Waals surface area contributed by atoms with Crippen LogP contribution in [0.1, 0.15) is 69.8 Å². The highest BCUT2D eigenvalue weighted by Gasteiger charge is 2.32. The van der Waals surface area contributed by atoms with E-state index in [-0.39, 0.29) is 30.7 Å². The minimum atomic E-state index is -0.417. The molecule has 2 N–H and O–H groups in total. The molecule has 5 amide bonds. The second-order valence-electron chi connectivity index (χ2n) is 12.2. The third-order valence-corrected chi connectivity index (χ3v) is 9.40. The van der Waals surface area contributed by atoms with Crippen LogP contribution in [0.2, 0.25) is 0 Å². The molecule has 1 aromatic carbocycles. The minimum Gasteiger partial charge on any atom is -0.484 e. The van der Waals surface area contributed by atoms with Crippen LogP contribution in [0.15, 0.2) is 18.2 Å². The molecule has 4 fully saturated rings. The first kappa shape index (κ1) is 29.4. The van der Waals surface area contributed by atoms with Crippen molar-refractivity contribution in [2.75, 3.05) is 50.8 Å². The van der Waals surface area contributed by atoms with Crippen molar-refractivity contribution in [1.82, 2.24) is 20.4 Å². The van der Waals surface area contributed by atoms with Crippen molar-refractivity contribution in [3.8, 4) is 5.75 Å². The van der Waals surface area contributed by atoms with Gasteiger partial charge in [-0.05, 0) is 94.1 Å². The van der Waals surface area contributed by atoms with Crippen molar-refractivity contribution in [2.45, 2.75) is 77.2 Å². The highest BCUT2D eigenvalue weighted by atomic mass is 16.5. The van der Waals surface area contributed by atoms with E-state index in [9.17, 15) is 19.2 Å². The largest absolute Gasteiger partial charge is 0.484 e. The summed E-state index contributed by atoms with van der Waals surface area (Å²) in [5.41, 5.74) is 1.57. The number of carbonyl (C=O) groups is 4. The molecule has 5 rings (SSSR count). The van der Waals surface area contributed by atoms with E-state index in [4.69, 9.17) is 4.74 Å². The SMILES string of the molecule is Cc1cc(OCC(=O)N2CCC(C3CCN(CC(=O)NC4CCCCC4)CC3)CC2)ccc1N1CCC(=O)NC1=O. The number of aryl methyl sites for hydroxylation is 1. The number of imide groups is 1. The monoisotopic (exact) mass is 567 g/mol. The van der Waals surface area contributed by atoms with Crippen LogP contribution in [-0.2, 0) is 14.4 Å². The third-order valence-electron chi connectivity index (χ3n) is 9.40. The number of nitrogens with one attached hydrogen (secondary N) is 2. The number of rotatable bonds is 8. The fourth-order valence-corrected chi connectivity index (χ4v) is 6.98. The summed E-state index contributed by atoms with van der Waals surface area (Å²) in [7, 11) is 0. The summed E-state index contributed by atoms with van der Waals surface area (Å²) < 4.78 is 5.82. The molecule has 1 saturated carbocycles. The van der Waals surface area contributed by atoms with Gasteiger partial charge in [-0.3, -0.25) is 29.5 Å². The van der Waals surface area contributed by atoms with E-state index in [2.05, 4.69) is 15.5 Å². The fourth-order valence-electron chi connectivity index (χ4n) is 6.98. The summed E-state index contributed by atoms with van der Waals surface area (Å²) in [5, 5.41) is 5.58. The smallest absolute Gasteiger partial charge is 0.328 e. The molecule has 0 bridgehead atoms. The molecular weight excluding hydrogens is 522 g/mol. The van der Waals surface area contributed by atoms with Gasteiger partial charge in [0.25, 0.3) is 5.91 Å². The molecule has 0 atom stereocenters. The van der Waals surface area contributed by atoms with Gasteiger partial charge in [-0.1, -0.05) is 19.3 Å². The van der Waals surface area contributed by atoms with Crippen LogP contribution in [0.4, 0.5) is 10.5 Å². The maximum absolute atomic E-state index is 12.9. The second-order valence-corrected chi connectivity index (χ2v) is 12.2. The van der Waals surface area contributed by atoms with Gasteiger partial charge in [0.15, 0.2) is 6.61 Å². The predicted octanol–water partition coefficient (Wildman–Crippen LogP) is 3.22. The number of benzene rings is 1. The summed E-state index contributed by atoms with van der Waals surface area (Å²) in [4.78, 5) is 54.7. The summed E-state index contributed by atoms with van der Waals surface area (Å²) in [6.07, 6.45) is 10.6. The summed E-state index contributed by atoms with van der Waals surface area (Å²) >= 11 is 0. The average Bonchev–Trinajstić information content (AvgIpc) is 2.97. The van der Waals surface area contributed by atoms with Gasteiger partial charge < -0.3 is 15.0 Å². The minimum absolute atomic E-state index is 0.00195. The van der Waals surface area contributed by atoms with Crippen molar-refractivity contribution in [2.24, 2.45) is 11.8 Å². The first-order chi connectivity index (χ1) is 19.9. The molecule has 1 aromatic rings. The number of amides is 5. The molecule has 3 saturated heterocycles. The maximum atomic E-state index is 12.9. The van der Waals surface area contributed by atoms with E-state index in [1.165, 1.54) is 19.3 Å². The van der Waals surface area contributed by atoms with Gasteiger partial charge in [0.1, 0.15) is 5.75 Å². The number of anilines is 1. The van der Waals surface area contributed by atoms with Gasteiger partial charge in [-0.15, -0.1) is 0 Å². The first-order valence-electron chi connectivity index (χ1n) is 15.5. The Labute approximate surface area is 243 Å². The summed E-state index contributed by atoms with van der Waals surface area (Å²) in [6.45, 7) is 6.22. The van der Waals surface area contributed by atoms with Crippen LogP contribution in [0.5, 0.6) is 5.75 Å². The Kier molecular flexibility index (Phi) is 9.80. The number of nitrogens with zero attached hydrogens (tertiary/aromatic N) is 3. The van der Waals surface area contributed by atoms with Crippen molar-refractivity contribution in [3.63, 3.8) is 0 Å². The summed E-state index contributed by atoms with van der Waals surface area (Å²) in [5.74, 6) is 1.81. The molecule has 41 heavy (non-hydrogen) atoms. The van der Waals surface area contributed by atoms with Crippen LogP contribution in [0.3, 0.4) is 0 Å². The molecule has 1 aliphatic carbocycles. The Balaban J connectivity index is 1.000. The lowest BCUT2D eigenvalue weighted by molar-refractivity contribution is -0.135. The quantitative estimate of drug-likeness (QED) is 0.499. The van der Waals surface area contributed by atoms with Crippen LogP contribution in [0.25, 0.3) is 0 Å². The zero-order valence-corrected chi connectivity index (χ0v) is 24.4. The second kappa shape index (κ2) is 13.7. The molecule has 224 valence electrons. The topological polar surface area (TPSA) is 111 Å². The van der Waals surface area contributed by atoms with Gasteiger partial charge in [-0.2, -0.15) is 0 Å².